The lowest BCUT2D eigenvalue weighted by Crippen LogP contribution is -2.33. The fourth-order valence-electron chi connectivity index (χ4n) is 3.75. The second-order valence-electron chi connectivity index (χ2n) is 7.78. The molecule has 1 aliphatic heterocycles. The summed E-state index contributed by atoms with van der Waals surface area (Å²) in [5.41, 5.74) is 3.68. The molecule has 7 nitrogen and oxygen atoms in total. The zero-order chi connectivity index (χ0) is 22.8. The van der Waals surface area contributed by atoms with Crippen LogP contribution in [0.3, 0.4) is 0 Å². The van der Waals surface area contributed by atoms with Gasteiger partial charge in [-0.15, -0.1) is 11.3 Å². The maximum absolute atomic E-state index is 13.4. The third-order valence-corrected chi connectivity index (χ3v) is 6.11. The highest BCUT2D eigenvalue weighted by Gasteiger charge is 2.34. The van der Waals surface area contributed by atoms with Crippen LogP contribution >= 0.6 is 11.3 Å². The van der Waals surface area contributed by atoms with Crippen LogP contribution in [0.15, 0.2) is 57.9 Å². The number of aromatic nitrogens is 1. The Balaban J connectivity index is 1.92. The number of amides is 1. The van der Waals surface area contributed by atoms with Crippen molar-refractivity contribution >= 4 is 28.6 Å². The number of rotatable bonds is 6. The molecule has 0 atom stereocenters. The number of hydrogen-bond donors (Lipinski definition) is 0. The molecular formula is C24H26N4O3S. The molecule has 0 saturated heterocycles. The Kier molecular flexibility index (Phi) is 6.14. The summed E-state index contributed by atoms with van der Waals surface area (Å²) >= 11 is 1.45. The summed E-state index contributed by atoms with van der Waals surface area (Å²) in [6, 6.07) is 13.4. The molecule has 166 valence electrons. The van der Waals surface area contributed by atoms with Gasteiger partial charge in [-0.05, 0) is 30.2 Å². The number of methoxy groups -OCH3 is 2. The Bertz CT molecular complexity index is 1260. The Morgan fingerprint density at radius 3 is 2.53 bits per heavy atom. The van der Waals surface area contributed by atoms with Crippen LogP contribution in [0.1, 0.15) is 19.4 Å². The van der Waals surface area contributed by atoms with Crippen molar-refractivity contribution in [1.82, 2.24) is 4.68 Å². The van der Waals surface area contributed by atoms with Crippen molar-refractivity contribution in [1.29, 1.82) is 0 Å². The molecule has 1 amide bonds. The molecule has 2 heterocycles. The standard InChI is InChI=1S/C24H26N4O3S/c1-15(2)13-27-19-9-7-6-8-17(19)22(23(27)29)26-28-20(14-32-24(28)25-3)18-12-16(30-4)10-11-21(18)31-5/h6-12,14-15H,13H2,1-5H3. The van der Waals surface area contributed by atoms with Gasteiger partial charge in [0.15, 0.2) is 5.71 Å². The highest BCUT2D eigenvalue weighted by atomic mass is 32.1. The number of thiazole rings is 1. The molecule has 0 radical (unpaired) electrons. The van der Waals surface area contributed by atoms with Crippen LogP contribution in [-0.2, 0) is 4.79 Å². The molecule has 0 N–H and O–H groups in total. The summed E-state index contributed by atoms with van der Waals surface area (Å²) in [5.74, 6) is 1.61. The van der Waals surface area contributed by atoms with Crippen LogP contribution in [0, 0.1) is 5.92 Å². The lowest BCUT2D eigenvalue weighted by Gasteiger charge is -2.18. The van der Waals surface area contributed by atoms with Crippen molar-refractivity contribution in [2.75, 3.05) is 32.7 Å². The molecule has 1 aliphatic rings. The molecular weight excluding hydrogens is 424 g/mol. The van der Waals surface area contributed by atoms with Gasteiger partial charge in [-0.3, -0.25) is 9.79 Å². The SMILES string of the molecule is CN=c1scc(-c2cc(OC)ccc2OC)n1N=C1C(=O)N(CC(C)C)c2ccccc21. The second kappa shape index (κ2) is 9.00. The number of carbonyl (C=O) groups excluding carboxylic acids is 1. The zero-order valence-corrected chi connectivity index (χ0v) is 19.6. The average molecular weight is 451 g/mol. The number of anilines is 1. The van der Waals surface area contributed by atoms with Crippen LogP contribution in [0.25, 0.3) is 11.3 Å². The minimum atomic E-state index is -0.107. The molecule has 0 bridgehead atoms. The molecule has 0 unspecified atom stereocenters. The van der Waals surface area contributed by atoms with Crippen molar-refractivity contribution in [3.63, 3.8) is 0 Å². The van der Waals surface area contributed by atoms with E-state index in [4.69, 9.17) is 14.6 Å². The van der Waals surface area contributed by atoms with Crippen LogP contribution < -0.4 is 19.2 Å². The van der Waals surface area contributed by atoms with E-state index in [1.54, 1.807) is 30.8 Å². The lowest BCUT2D eigenvalue weighted by atomic mass is 10.1. The molecule has 8 heteroatoms. The maximum Gasteiger partial charge on any atom is 0.279 e. The van der Waals surface area contributed by atoms with Gasteiger partial charge >= 0.3 is 0 Å². The first-order chi connectivity index (χ1) is 15.5. The summed E-state index contributed by atoms with van der Waals surface area (Å²) in [6.07, 6.45) is 0. The zero-order valence-electron chi connectivity index (χ0n) is 18.8. The summed E-state index contributed by atoms with van der Waals surface area (Å²) in [7, 11) is 4.96. The number of nitrogens with zero attached hydrogens (tertiary/aromatic N) is 4. The summed E-state index contributed by atoms with van der Waals surface area (Å²) in [6.45, 7) is 4.82. The fourth-order valence-corrected chi connectivity index (χ4v) is 4.54. The number of carbonyl (C=O) groups is 1. The Hall–Kier alpha value is -3.39. The highest BCUT2D eigenvalue weighted by molar-refractivity contribution is 7.07. The van der Waals surface area contributed by atoms with Crippen molar-refractivity contribution in [2.24, 2.45) is 16.0 Å². The van der Waals surface area contributed by atoms with Crippen molar-refractivity contribution < 1.29 is 14.3 Å². The number of fused-ring (bicyclic) bond motifs is 1. The molecule has 32 heavy (non-hydrogen) atoms. The van der Waals surface area contributed by atoms with Gasteiger partial charge in [-0.1, -0.05) is 32.0 Å². The Labute approximate surface area is 191 Å². The van der Waals surface area contributed by atoms with Gasteiger partial charge in [0.1, 0.15) is 11.5 Å². The predicted octanol–water partition coefficient (Wildman–Crippen LogP) is 4.02. The molecule has 0 aliphatic carbocycles. The van der Waals surface area contributed by atoms with E-state index in [9.17, 15) is 4.79 Å². The summed E-state index contributed by atoms with van der Waals surface area (Å²) in [5, 5.41) is 6.80. The third-order valence-electron chi connectivity index (χ3n) is 5.20. The normalized spacial score (nSPS) is 15.1. The quantitative estimate of drug-likeness (QED) is 0.570. The van der Waals surface area contributed by atoms with Gasteiger partial charge in [-0.2, -0.15) is 5.10 Å². The first-order valence-electron chi connectivity index (χ1n) is 10.3. The highest BCUT2D eigenvalue weighted by Crippen LogP contribution is 2.35. The lowest BCUT2D eigenvalue weighted by molar-refractivity contribution is -0.112. The van der Waals surface area contributed by atoms with E-state index < -0.39 is 0 Å². The maximum atomic E-state index is 13.4. The summed E-state index contributed by atoms with van der Waals surface area (Å²) < 4.78 is 12.7. The molecule has 3 aromatic rings. The summed E-state index contributed by atoms with van der Waals surface area (Å²) in [4.78, 5) is 20.3. The number of para-hydroxylation sites is 1. The van der Waals surface area contributed by atoms with E-state index in [2.05, 4.69) is 18.8 Å². The molecule has 0 spiro atoms. The van der Waals surface area contributed by atoms with Gasteiger partial charge in [0.25, 0.3) is 5.91 Å². The van der Waals surface area contributed by atoms with E-state index in [1.165, 1.54) is 11.3 Å². The monoisotopic (exact) mass is 450 g/mol. The predicted molar refractivity (Wildman–Crippen MR) is 128 cm³/mol. The molecule has 2 aromatic carbocycles. The smallest absolute Gasteiger partial charge is 0.279 e. The van der Waals surface area contributed by atoms with Gasteiger partial charge in [0.05, 0.1) is 25.6 Å². The van der Waals surface area contributed by atoms with E-state index in [0.29, 0.717) is 34.5 Å². The topological polar surface area (TPSA) is 68.4 Å². The van der Waals surface area contributed by atoms with E-state index >= 15 is 0 Å². The average Bonchev–Trinajstić information content (AvgIpc) is 3.33. The molecule has 0 saturated carbocycles. The van der Waals surface area contributed by atoms with E-state index in [0.717, 1.165) is 22.5 Å². The Morgan fingerprint density at radius 2 is 1.84 bits per heavy atom. The number of benzene rings is 2. The van der Waals surface area contributed by atoms with Crippen molar-refractivity contribution in [3.8, 4) is 22.8 Å². The van der Waals surface area contributed by atoms with Gasteiger partial charge in [-0.25, -0.2) is 4.68 Å². The van der Waals surface area contributed by atoms with Crippen LogP contribution in [0.2, 0.25) is 0 Å². The minimum Gasteiger partial charge on any atom is -0.497 e. The third kappa shape index (κ3) is 3.82. The van der Waals surface area contributed by atoms with Crippen LogP contribution in [0.5, 0.6) is 11.5 Å². The minimum absolute atomic E-state index is 0.107. The Morgan fingerprint density at radius 1 is 1.06 bits per heavy atom. The fraction of sp³-hybridized carbons (Fsp3) is 0.292. The van der Waals surface area contributed by atoms with Gasteiger partial charge in [0.2, 0.25) is 4.80 Å². The van der Waals surface area contributed by atoms with Gasteiger partial charge in [0, 0.05) is 30.1 Å². The largest absolute Gasteiger partial charge is 0.497 e. The first-order valence-corrected chi connectivity index (χ1v) is 11.2. The van der Waals surface area contributed by atoms with E-state index in [1.807, 2.05) is 47.8 Å². The first kappa shape index (κ1) is 21.8. The van der Waals surface area contributed by atoms with Gasteiger partial charge < -0.3 is 14.4 Å². The van der Waals surface area contributed by atoms with Crippen molar-refractivity contribution in [2.45, 2.75) is 13.8 Å². The van der Waals surface area contributed by atoms with Crippen molar-refractivity contribution in [3.05, 3.63) is 58.2 Å². The van der Waals surface area contributed by atoms with Crippen LogP contribution in [0.4, 0.5) is 5.69 Å². The van der Waals surface area contributed by atoms with Crippen LogP contribution in [-0.4, -0.2) is 44.1 Å². The molecule has 0 fully saturated rings. The number of ether oxygens (including phenoxy) is 2. The molecule has 4 rings (SSSR count). The molecule has 1 aromatic heterocycles. The van der Waals surface area contributed by atoms with E-state index in [-0.39, 0.29) is 5.91 Å². The second-order valence-corrected chi connectivity index (χ2v) is 8.62. The number of hydrogen-bond acceptors (Lipinski definition) is 6.